The van der Waals surface area contributed by atoms with Crippen molar-refractivity contribution in [2.45, 2.75) is 64.1 Å². The Morgan fingerprint density at radius 1 is 1.42 bits per heavy atom. The first kappa shape index (κ1) is 13.9. The van der Waals surface area contributed by atoms with Crippen LogP contribution in [0.25, 0.3) is 0 Å². The van der Waals surface area contributed by atoms with Crippen LogP contribution in [0.4, 0.5) is 4.79 Å². The Balaban J connectivity index is 2.08. The summed E-state index contributed by atoms with van der Waals surface area (Å²) in [6, 6.07) is 0.0992. The molecule has 2 aliphatic rings. The predicted octanol–water partition coefficient (Wildman–Crippen LogP) is 2.56. The molecule has 0 saturated carbocycles. The van der Waals surface area contributed by atoms with E-state index in [2.05, 4.69) is 0 Å². The molecule has 0 aromatic rings. The first-order chi connectivity index (χ1) is 8.76. The number of fused-ring (bicyclic) bond motifs is 2. The van der Waals surface area contributed by atoms with Crippen LogP contribution < -0.4 is 0 Å². The minimum absolute atomic E-state index is 0.00273. The van der Waals surface area contributed by atoms with Crippen LogP contribution in [0.3, 0.4) is 0 Å². The Labute approximate surface area is 113 Å². The summed E-state index contributed by atoms with van der Waals surface area (Å²) in [5.41, 5.74) is 0.432. The number of hydrogen-bond acceptors (Lipinski definition) is 3. The van der Waals surface area contributed by atoms with E-state index in [1.807, 2.05) is 26.8 Å². The predicted molar refractivity (Wildman–Crippen MR) is 69.8 cm³/mol. The highest BCUT2D eigenvalue weighted by Gasteiger charge is 2.41. The number of hydrogen-bond donors (Lipinski definition) is 1. The maximum atomic E-state index is 12.2. The number of amides is 1. The monoisotopic (exact) mass is 267 g/mol. The number of carboxylic acids is 1. The molecule has 2 aliphatic heterocycles. The van der Waals surface area contributed by atoms with Crippen LogP contribution in [0.15, 0.2) is 11.6 Å². The summed E-state index contributed by atoms with van der Waals surface area (Å²) in [6.45, 7) is 5.55. The Morgan fingerprint density at radius 2 is 2.11 bits per heavy atom. The molecule has 5 nitrogen and oxygen atoms in total. The second-order valence-electron chi connectivity index (χ2n) is 6.29. The lowest BCUT2D eigenvalue weighted by Crippen LogP contribution is -2.45. The lowest BCUT2D eigenvalue weighted by atomic mass is 9.99. The van der Waals surface area contributed by atoms with Gasteiger partial charge >= 0.3 is 12.1 Å². The number of carbonyl (C=O) groups is 2. The Hall–Kier alpha value is -1.52. The van der Waals surface area contributed by atoms with Gasteiger partial charge in [-0.3, -0.25) is 9.69 Å². The molecule has 2 unspecified atom stereocenters. The molecule has 0 spiro atoms. The number of carbonyl (C=O) groups excluding carboxylic acids is 1. The molecular formula is C14H21NO4. The van der Waals surface area contributed by atoms with E-state index in [4.69, 9.17) is 9.84 Å². The van der Waals surface area contributed by atoms with Gasteiger partial charge in [-0.05, 0) is 40.0 Å². The van der Waals surface area contributed by atoms with Gasteiger partial charge < -0.3 is 9.84 Å². The number of carboxylic acid groups (broad SMARTS) is 1. The SMILES string of the molecule is CC(C)(C)OC(=O)N1C2C=C(CC(=O)O)CC1CC2. The summed E-state index contributed by atoms with van der Waals surface area (Å²) >= 11 is 0. The third-order valence-electron chi connectivity index (χ3n) is 3.45. The van der Waals surface area contributed by atoms with Gasteiger partial charge in [0.1, 0.15) is 5.60 Å². The molecule has 2 rings (SSSR count). The van der Waals surface area contributed by atoms with E-state index in [-0.39, 0.29) is 24.6 Å². The lowest BCUT2D eigenvalue weighted by molar-refractivity contribution is -0.136. The summed E-state index contributed by atoms with van der Waals surface area (Å²) in [7, 11) is 0. The van der Waals surface area contributed by atoms with Crippen molar-refractivity contribution in [2.75, 3.05) is 0 Å². The molecule has 1 N–H and O–H groups in total. The van der Waals surface area contributed by atoms with E-state index in [1.165, 1.54) is 0 Å². The molecule has 0 aliphatic carbocycles. The number of rotatable bonds is 2. The van der Waals surface area contributed by atoms with E-state index in [0.29, 0.717) is 6.42 Å². The fraction of sp³-hybridized carbons (Fsp3) is 0.714. The minimum atomic E-state index is -0.809. The topological polar surface area (TPSA) is 66.8 Å². The van der Waals surface area contributed by atoms with Gasteiger partial charge in [-0.15, -0.1) is 0 Å². The van der Waals surface area contributed by atoms with Gasteiger partial charge in [0, 0.05) is 6.04 Å². The quantitative estimate of drug-likeness (QED) is 0.781. The average molecular weight is 267 g/mol. The molecule has 0 aromatic carbocycles. The van der Waals surface area contributed by atoms with Crippen molar-refractivity contribution in [1.82, 2.24) is 4.90 Å². The highest BCUT2D eigenvalue weighted by atomic mass is 16.6. The normalized spacial score (nSPS) is 26.1. The fourth-order valence-corrected chi connectivity index (χ4v) is 2.84. The third kappa shape index (κ3) is 3.28. The van der Waals surface area contributed by atoms with Gasteiger partial charge in [-0.1, -0.05) is 11.6 Å². The van der Waals surface area contributed by atoms with Crippen LogP contribution in [0, 0.1) is 0 Å². The molecular weight excluding hydrogens is 246 g/mol. The molecule has 2 heterocycles. The molecule has 1 amide bonds. The van der Waals surface area contributed by atoms with Gasteiger partial charge in [0.2, 0.25) is 0 Å². The Bertz CT molecular complexity index is 422. The van der Waals surface area contributed by atoms with E-state index in [1.54, 1.807) is 4.90 Å². The van der Waals surface area contributed by atoms with Crippen LogP contribution in [-0.2, 0) is 9.53 Å². The van der Waals surface area contributed by atoms with Crippen molar-refractivity contribution in [3.8, 4) is 0 Å². The average Bonchev–Trinajstić information content (AvgIpc) is 2.47. The van der Waals surface area contributed by atoms with E-state index in [9.17, 15) is 9.59 Å². The lowest BCUT2D eigenvalue weighted by Gasteiger charge is -2.35. The van der Waals surface area contributed by atoms with Gasteiger partial charge in [0.05, 0.1) is 12.5 Å². The third-order valence-corrected chi connectivity index (χ3v) is 3.45. The number of aliphatic carboxylic acids is 1. The van der Waals surface area contributed by atoms with Crippen molar-refractivity contribution in [2.24, 2.45) is 0 Å². The summed E-state index contributed by atoms with van der Waals surface area (Å²) < 4.78 is 5.42. The van der Waals surface area contributed by atoms with Crippen molar-refractivity contribution in [1.29, 1.82) is 0 Å². The summed E-state index contributed by atoms with van der Waals surface area (Å²) in [6.07, 6.45) is 4.19. The zero-order valence-electron chi connectivity index (χ0n) is 11.7. The van der Waals surface area contributed by atoms with Crippen LogP contribution in [-0.4, -0.2) is 39.8 Å². The summed E-state index contributed by atoms with van der Waals surface area (Å²) in [5.74, 6) is -0.809. The molecule has 0 radical (unpaired) electrons. The van der Waals surface area contributed by atoms with Crippen LogP contribution in [0.1, 0.15) is 46.5 Å². The second-order valence-corrected chi connectivity index (χ2v) is 6.29. The standard InChI is InChI=1S/C14H21NO4/c1-14(2,3)19-13(18)15-10-4-5-11(15)7-9(6-10)8-12(16)17/h6,10-11H,4-5,7-8H2,1-3H3,(H,16,17). The molecule has 19 heavy (non-hydrogen) atoms. The second kappa shape index (κ2) is 4.87. The molecule has 5 heteroatoms. The number of nitrogens with zero attached hydrogens (tertiary/aromatic N) is 1. The van der Waals surface area contributed by atoms with Crippen molar-refractivity contribution in [3.63, 3.8) is 0 Å². The number of ether oxygens (including phenoxy) is 1. The zero-order valence-corrected chi connectivity index (χ0v) is 11.7. The molecule has 106 valence electrons. The van der Waals surface area contributed by atoms with E-state index < -0.39 is 11.6 Å². The zero-order chi connectivity index (χ0) is 14.2. The van der Waals surface area contributed by atoms with Crippen LogP contribution >= 0.6 is 0 Å². The molecule has 1 saturated heterocycles. The van der Waals surface area contributed by atoms with Gasteiger partial charge in [-0.2, -0.15) is 0 Å². The molecule has 0 aromatic heterocycles. The van der Waals surface area contributed by atoms with Crippen LogP contribution in [0.2, 0.25) is 0 Å². The van der Waals surface area contributed by atoms with Gasteiger partial charge in [0.15, 0.2) is 0 Å². The molecule has 2 atom stereocenters. The highest BCUT2D eigenvalue weighted by molar-refractivity contribution is 5.72. The largest absolute Gasteiger partial charge is 0.481 e. The van der Waals surface area contributed by atoms with Crippen LogP contribution in [0.5, 0.6) is 0 Å². The molecule has 2 bridgehead atoms. The summed E-state index contributed by atoms with van der Waals surface area (Å²) in [5, 5.41) is 8.84. The minimum Gasteiger partial charge on any atom is -0.481 e. The fourth-order valence-electron chi connectivity index (χ4n) is 2.84. The smallest absolute Gasteiger partial charge is 0.411 e. The Morgan fingerprint density at radius 3 is 2.63 bits per heavy atom. The first-order valence-electron chi connectivity index (χ1n) is 6.69. The maximum Gasteiger partial charge on any atom is 0.411 e. The highest BCUT2D eigenvalue weighted by Crippen LogP contribution is 2.36. The Kier molecular flexibility index (Phi) is 3.56. The van der Waals surface area contributed by atoms with Gasteiger partial charge in [0.25, 0.3) is 0 Å². The molecule has 1 fully saturated rings. The van der Waals surface area contributed by atoms with E-state index in [0.717, 1.165) is 18.4 Å². The van der Waals surface area contributed by atoms with E-state index >= 15 is 0 Å². The van der Waals surface area contributed by atoms with Gasteiger partial charge in [-0.25, -0.2) is 4.79 Å². The summed E-state index contributed by atoms with van der Waals surface area (Å²) in [4.78, 5) is 24.7. The maximum absolute atomic E-state index is 12.2. The first-order valence-corrected chi connectivity index (χ1v) is 6.69. The van der Waals surface area contributed by atoms with Crippen molar-refractivity contribution >= 4 is 12.1 Å². The van der Waals surface area contributed by atoms with Crippen molar-refractivity contribution in [3.05, 3.63) is 11.6 Å². The van der Waals surface area contributed by atoms with Crippen molar-refractivity contribution < 1.29 is 19.4 Å².